The lowest BCUT2D eigenvalue weighted by molar-refractivity contribution is -0.0777. The lowest BCUT2D eigenvalue weighted by Gasteiger charge is -2.35. The van der Waals surface area contributed by atoms with Crippen molar-refractivity contribution in [2.24, 2.45) is 0 Å². The van der Waals surface area contributed by atoms with E-state index in [1.54, 1.807) is 6.07 Å². The van der Waals surface area contributed by atoms with E-state index in [0.717, 1.165) is 5.56 Å². The molecule has 1 saturated heterocycles. The summed E-state index contributed by atoms with van der Waals surface area (Å²) in [4.78, 5) is 1.99. The van der Waals surface area contributed by atoms with Gasteiger partial charge in [-0.3, -0.25) is 4.90 Å². The molecule has 0 bridgehead atoms. The number of ether oxygens (including phenoxy) is 1. The highest BCUT2D eigenvalue weighted by Gasteiger charge is 2.30. The molecule has 4 nitrogen and oxygen atoms in total. The Balaban J connectivity index is 1.94. The minimum absolute atomic E-state index is 0.326. The topological polar surface area (TPSA) is 58.7 Å². The Hall–Kier alpha value is -1.17. The molecule has 0 atom stereocenters. The predicted molar refractivity (Wildman–Crippen MR) is 72.1 cm³/mol. The molecule has 0 saturated carbocycles. The van der Waals surface area contributed by atoms with Gasteiger partial charge in [-0.15, -0.1) is 0 Å². The van der Waals surface area contributed by atoms with Crippen LogP contribution in [0.25, 0.3) is 0 Å². The first-order valence-corrected chi connectivity index (χ1v) is 6.50. The highest BCUT2D eigenvalue weighted by atomic mass is 19.1. The van der Waals surface area contributed by atoms with Gasteiger partial charge in [0.25, 0.3) is 0 Å². The van der Waals surface area contributed by atoms with E-state index in [2.05, 4.69) is 0 Å². The molecular formula is C14H21FN2O2. The van der Waals surface area contributed by atoms with Crippen LogP contribution in [0.4, 0.5) is 10.1 Å². The number of likely N-dealkylation sites (N-methyl/N-ethyl adjacent to an activating group) is 1. The quantitative estimate of drug-likeness (QED) is 0.810. The fourth-order valence-corrected chi connectivity index (χ4v) is 2.55. The first kappa shape index (κ1) is 14.2. The maximum atomic E-state index is 13.2. The van der Waals surface area contributed by atoms with Crippen molar-refractivity contribution in [2.75, 3.05) is 32.5 Å². The Labute approximate surface area is 113 Å². The molecule has 0 amide bonds. The fourth-order valence-electron chi connectivity index (χ4n) is 2.55. The molecule has 0 spiro atoms. The van der Waals surface area contributed by atoms with Gasteiger partial charge in [-0.2, -0.15) is 0 Å². The average Bonchev–Trinajstić information content (AvgIpc) is 2.27. The van der Waals surface area contributed by atoms with Crippen molar-refractivity contribution in [3.8, 4) is 0 Å². The van der Waals surface area contributed by atoms with Crippen molar-refractivity contribution in [3.63, 3.8) is 0 Å². The molecule has 5 heteroatoms. The van der Waals surface area contributed by atoms with E-state index in [-0.39, 0.29) is 5.82 Å². The maximum Gasteiger partial charge on any atom is 0.125 e. The molecule has 1 aromatic carbocycles. The molecular weight excluding hydrogens is 247 g/mol. The number of rotatable bonds is 4. The third-order valence-corrected chi connectivity index (χ3v) is 3.42. The Morgan fingerprint density at radius 2 is 2.05 bits per heavy atom. The van der Waals surface area contributed by atoms with E-state index >= 15 is 0 Å². The van der Waals surface area contributed by atoms with Crippen LogP contribution in [0.1, 0.15) is 18.4 Å². The second kappa shape index (κ2) is 5.86. The van der Waals surface area contributed by atoms with Gasteiger partial charge in [-0.05, 0) is 30.8 Å². The lowest BCUT2D eigenvalue weighted by Crippen LogP contribution is -2.45. The summed E-state index contributed by atoms with van der Waals surface area (Å²) < 4.78 is 18.5. The van der Waals surface area contributed by atoms with Crippen LogP contribution >= 0.6 is 0 Å². The zero-order valence-electron chi connectivity index (χ0n) is 11.2. The summed E-state index contributed by atoms with van der Waals surface area (Å²) in [5.41, 5.74) is 6.16. The maximum absolute atomic E-state index is 13.2. The molecule has 2 rings (SSSR count). The highest BCUT2D eigenvalue weighted by molar-refractivity contribution is 5.41. The standard InChI is InChI=1S/C14H21FN2O2/c1-17(10-14(18)2-4-19-5-3-14)9-11-6-12(15)8-13(16)7-11/h6-8,18H,2-5,9-10,16H2,1H3. The normalized spacial score (nSPS) is 18.7. The summed E-state index contributed by atoms with van der Waals surface area (Å²) in [6, 6.07) is 4.53. The molecule has 0 aliphatic carbocycles. The molecule has 106 valence electrons. The van der Waals surface area contributed by atoms with E-state index in [1.165, 1.54) is 12.1 Å². The van der Waals surface area contributed by atoms with Crippen LogP contribution in [-0.2, 0) is 11.3 Å². The zero-order chi connectivity index (χ0) is 13.9. The average molecular weight is 268 g/mol. The van der Waals surface area contributed by atoms with E-state index in [4.69, 9.17) is 10.5 Å². The van der Waals surface area contributed by atoms with E-state index in [0.29, 0.717) is 44.8 Å². The molecule has 1 aromatic rings. The van der Waals surface area contributed by atoms with Crippen molar-refractivity contribution in [3.05, 3.63) is 29.6 Å². The number of aliphatic hydroxyl groups is 1. The Kier molecular flexibility index (Phi) is 4.39. The Bertz CT molecular complexity index is 413. The van der Waals surface area contributed by atoms with Gasteiger partial charge in [0.1, 0.15) is 5.82 Å². The van der Waals surface area contributed by atoms with Crippen LogP contribution in [0, 0.1) is 5.82 Å². The Morgan fingerprint density at radius 1 is 1.37 bits per heavy atom. The lowest BCUT2D eigenvalue weighted by atomic mass is 9.94. The number of hydrogen-bond donors (Lipinski definition) is 2. The summed E-state index contributed by atoms with van der Waals surface area (Å²) in [7, 11) is 1.91. The van der Waals surface area contributed by atoms with E-state index in [9.17, 15) is 9.50 Å². The first-order chi connectivity index (χ1) is 8.97. The van der Waals surface area contributed by atoms with Crippen molar-refractivity contribution in [2.45, 2.75) is 25.0 Å². The van der Waals surface area contributed by atoms with Crippen molar-refractivity contribution in [1.82, 2.24) is 4.90 Å². The van der Waals surface area contributed by atoms with E-state index < -0.39 is 5.60 Å². The van der Waals surface area contributed by atoms with Crippen LogP contribution in [0.15, 0.2) is 18.2 Å². The second-order valence-electron chi connectivity index (χ2n) is 5.40. The summed E-state index contributed by atoms with van der Waals surface area (Å²) in [6.45, 7) is 2.30. The molecule has 19 heavy (non-hydrogen) atoms. The summed E-state index contributed by atoms with van der Waals surface area (Å²) in [6.07, 6.45) is 1.28. The van der Waals surface area contributed by atoms with Gasteiger partial charge in [0.15, 0.2) is 0 Å². The molecule has 0 radical (unpaired) electrons. The number of nitrogen functional groups attached to an aromatic ring is 1. The van der Waals surface area contributed by atoms with Crippen LogP contribution in [0.3, 0.4) is 0 Å². The third kappa shape index (κ3) is 4.16. The van der Waals surface area contributed by atoms with Gasteiger partial charge in [-0.25, -0.2) is 4.39 Å². The molecule has 0 aromatic heterocycles. The number of anilines is 1. The van der Waals surface area contributed by atoms with Crippen LogP contribution in [-0.4, -0.2) is 42.4 Å². The van der Waals surface area contributed by atoms with Crippen molar-refractivity contribution < 1.29 is 14.2 Å². The monoisotopic (exact) mass is 268 g/mol. The van der Waals surface area contributed by atoms with E-state index in [1.807, 2.05) is 11.9 Å². The van der Waals surface area contributed by atoms with Crippen molar-refractivity contribution >= 4 is 5.69 Å². The minimum Gasteiger partial charge on any atom is -0.399 e. The van der Waals surface area contributed by atoms with Gasteiger partial charge in [0.05, 0.1) is 5.60 Å². The second-order valence-corrected chi connectivity index (χ2v) is 5.40. The van der Waals surface area contributed by atoms with Crippen molar-refractivity contribution in [1.29, 1.82) is 0 Å². The fraction of sp³-hybridized carbons (Fsp3) is 0.571. The Morgan fingerprint density at radius 3 is 2.68 bits per heavy atom. The van der Waals surface area contributed by atoms with Gasteiger partial charge in [-0.1, -0.05) is 0 Å². The molecule has 1 heterocycles. The number of nitrogens with two attached hydrogens (primary N) is 1. The number of halogens is 1. The summed E-state index contributed by atoms with van der Waals surface area (Å²) in [5, 5.41) is 10.4. The molecule has 0 unspecified atom stereocenters. The summed E-state index contributed by atoms with van der Waals surface area (Å²) >= 11 is 0. The minimum atomic E-state index is -0.703. The molecule has 3 N–H and O–H groups in total. The van der Waals surface area contributed by atoms with Gasteiger partial charge in [0.2, 0.25) is 0 Å². The smallest absolute Gasteiger partial charge is 0.125 e. The predicted octanol–water partition coefficient (Wildman–Crippen LogP) is 1.38. The van der Waals surface area contributed by atoms with Crippen LogP contribution < -0.4 is 5.73 Å². The van der Waals surface area contributed by atoms with Gasteiger partial charge < -0.3 is 15.6 Å². The molecule has 1 aliphatic heterocycles. The highest BCUT2D eigenvalue weighted by Crippen LogP contribution is 2.22. The summed E-state index contributed by atoms with van der Waals surface area (Å²) in [5.74, 6) is -0.326. The molecule has 1 aliphatic rings. The van der Waals surface area contributed by atoms with Crippen LogP contribution in [0.5, 0.6) is 0 Å². The van der Waals surface area contributed by atoms with Gasteiger partial charge >= 0.3 is 0 Å². The molecule has 1 fully saturated rings. The SMILES string of the molecule is CN(Cc1cc(N)cc(F)c1)CC1(O)CCOCC1. The van der Waals surface area contributed by atoms with Gasteiger partial charge in [0, 0.05) is 44.8 Å². The largest absolute Gasteiger partial charge is 0.399 e. The number of benzene rings is 1. The number of hydrogen-bond acceptors (Lipinski definition) is 4. The third-order valence-electron chi connectivity index (χ3n) is 3.42. The number of nitrogens with zero attached hydrogens (tertiary/aromatic N) is 1. The first-order valence-electron chi connectivity index (χ1n) is 6.50. The van der Waals surface area contributed by atoms with Crippen LogP contribution in [0.2, 0.25) is 0 Å². The zero-order valence-corrected chi connectivity index (χ0v) is 11.2.